The van der Waals surface area contributed by atoms with Gasteiger partial charge in [-0.3, -0.25) is 9.59 Å². The standard InChI is InChI=1S/C21H23NO5/c1-25-18-7-3-2-5-16(18)14-22-21(24)8-4-6-17(23)15-9-10-19-20(13-15)27-12-11-26-19/h2-3,5,7,9-10,13H,4,6,8,11-12,14H2,1H3,(H,22,24). The van der Waals surface area contributed by atoms with Gasteiger partial charge in [0.15, 0.2) is 17.3 Å². The number of nitrogens with one attached hydrogen (secondary N) is 1. The van der Waals surface area contributed by atoms with E-state index >= 15 is 0 Å². The molecule has 1 heterocycles. The van der Waals surface area contributed by atoms with E-state index in [2.05, 4.69) is 5.32 Å². The Balaban J connectivity index is 1.44. The van der Waals surface area contributed by atoms with Gasteiger partial charge in [-0.15, -0.1) is 0 Å². The molecule has 6 heteroatoms. The summed E-state index contributed by atoms with van der Waals surface area (Å²) in [6.07, 6.45) is 1.10. The van der Waals surface area contributed by atoms with Gasteiger partial charge >= 0.3 is 0 Å². The van der Waals surface area contributed by atoms with Gasteiger partial charge in [-0.2, -0.15) is 0 Å². The lowest BCUT2D eigenvalue weighted by Gasteiger charge is -2.18. The predicted octanol–water partition coefficient (Wildman–Crippen LogP) is 3.14. The molecular formula is C21H23NO5. The van der Waals surface area contributed by atoms with Crippen LogP contribution >= 0.6 is 0 Å². The first-order valence-electron chi connectivity index (χ1n) is 8.99. The number of fused-ring (bicyclic) bond motifs is 1. The van der Waals surface area contributed by atoms with Crippen LogP contribution in [-0.2, 0) is 11.3 Å². The van der Waals surface area contributed by atoms with E-state index in [4.69, 9.17) is 14.2 Å². The zero-order valence-corrected chi connectivity index (χ0v) is 15.3. The molecule has 1 N–H and O–H groups in total. The van der Waals surface area contributed by atoms with Gasteiger partial charge in [-0.05, 0) is 30.7 Å². The molecule has 0 saturated carbocycles. The van der Waals surface area contributed by atoms with Gasteiger partial charge in [0.05, 0.1) is 7.11 Å². The van der Waals surface area contributed by atoms with E-state index < -0.39 is 0 Å². The van der Waals surface area contributed by atoms with E-state index in [0.717, 1.165) is 11.3 Å². The Hall–Kier alpha value is -3.02. The van der Waals surface area contributed by atoms with Crippen molar-refractivity contribution in [1.29, 1.82) is 0 Å². The fraction of sp³-hybridized carbons (Fsp3) is 0.333. The smallest absolute Gasteiger partial charge is 0.220 e. The fourth-order valence-corrected chi connectivity index (χ4v) is 2.90. The van der Waals surface area contributed by atoms with Crippen molar-refractivity contribution in [3.05, 3.63) is 53.6 Å². The zero-order valence-electron chi connectivity index (χ0n) is 15.3. The topological polar surface area (TPSA) is 73.9 Å². The van der Waals surface area contributed by atoms with Crippen molar-refractivity contribution >= 4 is 11.7 Å². The largest absolute Gasteiger partial charge is 0.496 e. The molecule has 0 aromatic heterocycles. The monoisotopic (exact) mass is 369 g/mol. The number of amides is 1. The molecule has 1 aliphatic rings. The van der Waals surface area contributed by atoms with Crippen LogP contribution in [0.15, 0.2) is 42.5 Å². The minimum absolute atomic E-state index is 0.00972. The van der Waals surface area contributed by atoms with Gasteiger partial charge < -0.3 is 19.5 Å². The Morgan fingerprint density at radius 2 is 1.81 bits per heavy atom. The van der Waals surface area contributed by atoms with Gasteiger partial charge in [-0.25, -0.2) is 0 Å². The summed E-state index contributed by atoms with van der Waals surface area (Å²) >= 11 is 0. The van der Waals surface area contributed by atoms with Crippen LogP contribution in [0.3, 0.4) is 0 Å². The lowest BCUT2D eigenvalue weighted by atomic mass is 10.0. The molecule has 2 aromatic rings. The molecule has 3 rings (SSSR count). The number of ketones is 1. The SMILES string of the molecule is COc1ccccc1CNC(=O)CCCC(=O)c1ccc2c(c1)OCCO2. The van der Waals surface area contributed by atoms with Crippen LogP contribution in [0.25, 0.3) is 0 Å². The molecule has 0 aliphatic carbocycles. The first kappa shape index (κ1) is 18.8. The highest BCUT2D eigenvalue weighted by Crippen LogP contribution is 2.31. The first-order chi connectivity index (χ1) is 13.2. The molecule has 27 heavy (non-hydrogen) atoms. The fourth-order valence-electron chi connectivity index (χ4n) is 2.90. The van der Waals surface area contributed by atoms with Crippen LogP contribution < -0.4 is 19.5 Å². The highest BCUT2D eigenvalue weighted by Gasteiger charge is 2.15. The van der Waals surface area contributed by atoms with E-state index in [9.17, 15) is 9.59 Å². The Morgan fingerprint density at radius 1 is 1.04 bits per heavy atom. The summed E-state index contributed by atoms with van der Waals surface area (Å²) in [7, 11) is 1.60. The summed E-state index contributed by atoms with van der Waals surface area (Å²) in [5, 5.41) is 2.86. The third kappa shape index (κ3) is 5.00. The molecule has 6 nitrogen and oxygen atoms in total. The van der Waals surface area contributed by atoms with Crippen LogP contribution in [0.2, 0.25) is 0 Å². The summed E-state index contributed by atoms with van der Waals surface area (Å²) in [5.74, 6) is 1.90. The van der Waals surface area contributed by atoms with E-state index in [1.807, 2.05) is 24.3 Å². The maximum Gasteiger partial charge on any atom is 0.220 e. The Labute approximate surface area is 158 Å². The molecule has 0 fully saturated rings. The van der Waals surface area contributed by atoms with Crippen molar-refractivity contribution in [2.75, 3.05) is 20.3 Å². The summed E-state index contributed by atoms with van der Waals surface area (Å²) in [4.78, 5) is 24.4. The minimum Gasteiger partial charge on any atom is -0.496 e. The molecule has 0 unspecified atom stereocenters. The van der Waals surface area contributed by atoms with E-state index in [-0.39, 0.29) is 11.7 Å². The molecule has 0 radical (unpaired) electrons. The van der Waals surface area contributed by atoms with Crippen molar-refractivity contribution in [3.8, 4) is 17.2 Å². The average molecular weight is 369 g/mol. The van der Waals surface area contributed by atoms with Crippen LogP contribution in [0.4, 0.5) is 0 Å². The summed E-state index contributed by atoms with van der Waals surface area (Å²) in [5.41, 5.74) is 1.49. The van der Waals surface area contributed by atoms with Crippen LogP contribution in [0, 0.1) is 0 Å². The minimum atomic E-state index is -0.0871. The lowest BCUT2D eigenvalue weighted by molar-refractivity contribution is -0.121. The van der Waals surface area contributed by atoms with Gasteiger partial charge in [0.1, 0.15) is 19.0 Å². The van der Waals surface area contributed by atoms with Crippen molar-refractivity contribution < 1.29 is 23.8 Å². The third-order valence-electron chi connectivity index (χ3n) is 4.34. The summed E-state index contributed by atoms with van der Waals surface area (Å²) in [6, 6.07) is 12.7. The molecular weight excluding hydrogens is 346 g/mol. The first-order valence-corrected chi connectivity index (χ1v) is 8.99. The molecule has 142 valence electrons. The molecule has 0 saturated heterocycles. The van der Waals surface area contributed by atoms with Gasteiger partial charge in [0.25, 0.3) is 0 Å². The van der Waals surface area contributed by atoms with Crippen LogP contribution in [0.5, 0.6) is 17.2 Å². The van der Waals surface area contributed by atoms with Crippen LogP contribution in [-0.4, -0.2) is 32.0 Å². The van der Waals surface area contributed by atoms with E-state index in [0.29, 0.717) is 56.1 Å². The normalized spacial score (nSPS) is 12.3. The van der Waals surface area contributed by atoms with Crippen molar-refractivity contribution in [3.63, 3.8) is 0 Å². The number of para-hydroxylation sites is 1. The van der Waals surface area contributed by atoms with Gasteiger partial charge in [-0.1, -0.05) is 18.2 Å². The molecule has 1 amide bonds. The molecule has 0 bridgehead atoms. The number of benzene rings is 2. The molecule has 0 atom stereocenters. The maximum atomic E-state index is 12.3. The van der Waals surface area contributed by atoms with Crippen molar-refractivity contribution in [2.45, 2.75) is 25.8 Å². The number of ether oxygens (including phenoxy) is 3. The van der Waals surface area contributed by atoms with Crippen LogP contribution in [0.1, 0.15) is 35.2 Å². The summed E-state index contributed by atoms with van der Waals surface area (Å²) < 4.78 is 16.2. The third-order valence-corrected chi connectivity index (χ3v) is 4.34. The number of rotatable bonds is 8. The second kappa shape index (κ2) is 9.07. The van der Waals surface area contributed by atoms with E-state index in [1.54, 1.807) is 25.3 Å². The van der Waals surface area contributed by atoms with E-state index in [1.165, 1.54) is 0 Å². The number of carbonyl (C=O) groups excluding carboxylic acids is 2. The van der Waals surface area contributed by atoms with Crippen molar-refractivity contribution in [2.24, 2.45) is 0 Å². The van der Waals surface area contributed by atoms with Gasteiger partial charge in [0.2, 0.25) is 5.91 Å². The quantitative estimate of drug-likeness (QED) is 0.724. The average Bonchev–Trinajstić information content (AvgIpc) is 2.72. The molecule has 1 aliphatic heterocycles. The summed E-state index contributed by atoms with van der Waals surface area (Å²) in [6.45, 7) is 1.40. The highest BCUT2D eigenvalue weighted by atomic mass is 16.6. The zero-order chi connectivity index (χ0) is 19.1. The number of Topliss-reactive ketones (excluding diaryl/α,β-unsaturated/α-hetero) is 1. The number of hydrogen-bond donors (Lipinski definition) is 1. The highest BCUT2D eigenvalue weighted by molar-refractivity contribution is 5.96. The number of hydrogen-bond acceptors (Lipinski definition) is 5. The Kier molecular flexibility index (Phi) is 6.30. The number of methoxy groups -OCH3 is 1. The Bertz CT molecular complexity index is 818. The van der Waals surface area contributed by atoms with Crippen molar-refractivity contribution in [1.82, 2.24) is 5.32 Å². The molecule has 2 aromatic carbocycles. The predicted molar refractivity (Wildman–Crippen MR) is 100 cm³/mol. The second-order valence-electron chi connectivity index (χ2n) is 6.22. The van der Waals surface area contributed by atoms with Gasteiger partial charge in [0, 0.05) is 30.5 Å². The molecule has 0 spiro atoms. The lowest BCUT2D eigenvalue weighted by Crippen LogP contribution is -2.22. The number of carbonyl (C=O) groups is 2. The second-order valence-corrected chi connectivity index (χ2v) is 6.22. The maximum absolute atomic E-state index is 12.3. The Morgan fingerprint density at radius 3 is 2.63 bits per heavy atom.